The highest BCUT2D eigenvalue weighted by Crippen LogP contribution is 2.25. The minimum atomic E-state index is -0.673. The Labute approximate surface area is 99.4 Å². The van der Waals surface area contributed by atoms with Crippen LogP contribution in [0.1, 0.15) is 59.3 Å². The highest BCUT2D eigenvalue weighted by atomic mass is 16.2. The summed E-state index contributed by atoms with van der Waals surface area (Å²) in [6.07, 6.45) is 6.55. The lowest BCUT2D eigenvalue weighted by Crippen LogP contribution is -2.55. The molecule has 2 N–H and O–H groups in total. The summed E-state index contributed by atoms with van der Waals surface area (Å²) in [6, 6.07) is 0.442. The number of nitrogens with two attached hydrogens (primary N) is 1. The van der Waals surface area contributed by atoms with Crippen LogP contribution in [-0.2, 0) is 4.79 Å². The molecule has 94 valence electrons. The molecule has 0 aromatic rings. The molecule has 16 heavy (non-hydrogen) atoms. The molecule has 0 aliphatic heterocycles. The van der Waals surface area contributed by atoms with Crippen LogP contribution in [0.5, 0.6) is 0 Å². The van der Waals surface area contributed by atoms with Gasteiger partial charge in [0.05, 0.1) is 5.54 Å². The third kappa shape index (κ3) is 2.97. The van der Waals surface area contributed by atoms with Gasteiger partial charge in [0, 0.05) is 12.6 Å². The van der Waals surface area contributed by atoms with Crippen LogP contribution in [0.4, 0.5) is 0 Å². The Balaban J connectivity index is 2.67. The molecule has 0 radical (unpaired) electrons. The number of amides is 1. The minimum Gasteiger partial charge on any atom is -0.338 e. The zero-order valence-corrected chi connectivity index (χ0v) is 11.0. The Morgan fingerprint density at radius 3 is 2.38 bits per heavy atom. The number of nitrogens with zero attached hydrogens (tertiary/aromatic N) is 1. The van der Waals surface area contributed by atoms with Gasteiger partial charge in [0.25, 0.3) is 0 Å². The van der Waals surface area contributed by atoms with Crippen molar-refractivity contribution in [2.24, 2.45) is 5.73 Å². The molecule has 1 aliphatic rings. The summed E-state index contributed by atoms with van der Waals surface area (Å²) in [5.41, 5.74) is 5.45. The van der Waals surface area contributed by atoms with Gasteiger partial charge in [-0.1, -0.05) is 26.2 Å². The van der Waals surface area contributed by atoms with E-state index < -0.39 is 5.54 Å². The minimum absolute atomic E-state index is 0.142. The zero-order valence-electron chi connectivity index (χ0n) is 11.0. The molecular weight excluding hydrogens is 200 g/mol. The number of likely N-dealkylation sites (N-methyl/N-ethyl adjacent to an activating group) is 1. The van der Waals surface area contributed by atoms with Gasteiger partial charge in [0.2, 0.25) is 5.91 Å². The van der Waals surface area contributed by atoms with Crippen molar-refractivity contribution in [3.63, 3.8) is 0 Å². The van der Waals surface area contributed by atoms with Crippen LogP contribution >= 0.6 is 0 Å². The lowest BCUT2D eigenvalue weighted by atomic mass is 9.94. The van der Waals surface area contributed by atoms with Crippen LogP contribution in [-0.4, -0.2) is 28.9 Å². The molecule has 1 saturated carbocycles. The van der Waals surface area contributed by atoms with E-state index in [2.05, 4.69) is 13.8 Å². The van der Waals surface area contributed by atoms with Crippen molar-refractivity contribution in [1.82, 2.24) is 4.90 Å². The number of rotatable bonds is 5. The van der Waals surface area contributed by atoms with Crippen LogP contribution in [0.25, 0.3) is 0 Å². The van der Waals surface area contributed by atoms with Crippen LogP contribution < -0.4 is 5.73 Å². The monoisotopic (exact) mass is 226 g/mol. The fourth-order valence-corrected chi connectivity index (χ4v) is 2.74. The van der Waals surface area contributed by atoms with E-state index in [0.717, 1.165) is 32.2 Å². The van der Waals surface area contributed by atoms with E-state index in [0.29, 0.717) is 6.04 Å². The molecule has 1 fully saturated rings. The van der Waals surface area contributed by atoms with Gasteiger partial charge in [-0.25, -0.2) is 0 Å². The van der Waals surface area contributed by atoms with E-state index in [1.807, 2.05) is 11.8 Å². The van der Waals surface area contributed by atoms with Gasteiger partial charge in [-0.3, -0.25) is 4.79 Å². The average Bonchev–Trinajstić information content (AvgIpc) is 2.72. The molecule has 0 aromatic heterocycles. The number of carbonyl (C=O) groups is 1. The quantitative estimate of drug-likeness (QED) is 0.782. The first-order valence-corrected chi connectivity index (χ1v) is 6.63. The molecule has 3 heteroatoms. The predicted octanol–water partition coefficient (Wildman–Crippen LogP) is 2.29. The van der Waals surface area contributed by atoms with Crippen LogP contribution in [0.3, 0.4) is 0 Å². The zero-order chi connectivity index (χ0) is 12.2. The van der Waals surface area contributed by atoms with E-state index in [1.165, 1.54) is 12.8 Å². The third-order valence-electron chi connectivity index (χ3n) is 3.62. The second kappa shape index (κ2) is 5.67. The predicted molar refractivity (Wildman–Crippen MR) is 67.1 cm³/mol. The van der Waals surface area contributed by atoms with Gasteiger partial charge in [-0.15, -0.1) is 0 Å². The van der Waals surface area contributed by atoms with Crippen LogP contribution in [0.2, 0.25) is 0 Å². The van der Waals surface area contributed by atoms with Crippen LogP contribution in [0, 0.1) is 0 Å². The molecule has 0 aromatic carbocycles. The Hall–Kier alpha value is -0.570. The maximum atomic E-state index is 12.4. The lowest BCUT2D eigenvalue weighted by molar-refractivity contribution is -0.138. The van der Waals surface area contributed by atoms with Crippen molar-refractivity contribution < 1.29 is 4.79 Å². The highest BCUT2D eigenvalue weighted by molar-refractivity contribution is 5.86. The molecule has 0 saturated heterocycles. The van der Waals surface area contributed by atoms with Gasteiger partial charge in [-0.2, -0.15) is 0 Å². The summed E-state index contributed by atoms with van der Waals surface area (Å²) in [5.74, 6) is 0.142. The Morgan fingerprint density at radius 2 is 1.94 bits per heavy atom. The van der Waals surface area contributed by atoms with E-state index >= 15 is 0 Å². The number of hydrogen-bond acceptors (Lipinski definition) is 2. The Morgan fingerprint density at radius 1 is 1.38 bits per heavy atom. The van der Waals surface area contributed by atoms with Crippen LogP contribution in [0.15, 0.2) is 0 Å². The Bertz CT molecular complexity index is 232. The second-order valence-electron chi connectivity index (χ2n) is 5.20. The molecule has 0 heterocycles. The van der Waals surface area contributed by atoms with Gasteiger partial charge in [0.1, 0.15) is 0 Å². The molecule has 1 rings (SSSR count). The van der Waals surface area contributed by atoms with E-state index in [1.54, 1.807) is 0 Å². The van der Waals surface area contributed by atoms with Crippen molar-refractivity contribution in [3.8, 4) is 0 Å². The standard InChI is InChI=1S/C13H26N2O/c1-4-10-13(3,14)12(16)15(5-2)11-8-6-7-9-11/h11H,4-10,14H2,1-3H3. The summed E-state index contributed by atoms with van der Waals surface area (Å²) in [4.78, 5) is 14.4. The molecule has 0 spiro atoms. The van der Waals surface area contributed by atoms with Crippen molar-refractivity contribution in [2.75, 3.05) is 6.54 Å². The van der Waals surface area contributed by atoms with Crippen molar-refractivity contribution >= 4 is 5.91 Å². The summed E-state index contributed by atoms with van der Waals surface area (Å²) >= 11 is 0. The highest BCUT2D eigenvalue weighted by Gasteiger charge is 2.35. The van der Waals surface area contributed by atoms with Crippen molar-refractivity contribution in [3.05, 3.63) is 0 Å². The first kappa shape index (κ1) is 13.5. The van der Waals surface area contributed by atoms with E-state index in [4.69, 9.17) is 5.73 Å². The smallest absolute Gasteiger partial charge is 0.242 e. The topological polar surface area (TPSA) is 46.3 Å². The number of hydrogen-bond donors (Lipinski definition) is 1. The molecule has 3 nitrogen and oxygen atoms in total. The summed E-state index contributed by atoms with van der Waals surface area (Å²) in [6.45, 7) is 6.79. The fourth-order valence-electron chi connectivity index (χ4n) is 2.74. The SMILES string of the molecule is CCCC(C)(N)C(=O)N(CC)C1CCCC1. The second-order valence-corrected chi connectivity index (χ2v) is 5.20. The first-order valence-electron chi connectivity index (χ1n) is 6.63. The van der Waals surface area contributed by atoms with E-state index in [-0.39, 0.29) is 5.91 Å². The molecule has 1 amide bonds. The molecule has 1 atom stereocenters. The average molecular weight is 226 g/mol. The van der Waals surface area contributed by atoms with Gasteiger partial charge in [0.15, 0.2) is 0 Å². The summed E-state index contributed by atoms with van der Waals surface area (Å²) in [7, 11) is 0. The first-order chi connectivity index (χ1) is 7.53. The van der Waals surface area contributed by atoms with Gasteiger partial charge >= 0.3 is 0 Å². The summed E-state index contributed by atoms with van der Waals surface area (Å²) in [5, 5.41) is 0. The normalized spacial score (nSPS) is 20.8. The molecule has 1 aliphatic carbocycles. The Kier molecular flexibility index (Phi) is 4.78. The largest absolute Gasteiger partial charge is 0.338 e. The lowest BCUT2D eigenvalue weighted by Gasteiger charge is -2.35. The molecular formula is C13H26N2O. The fraction of sp³-hybridized carbons (Fsp3) is 0.923. The van der Waals surface area contributed by atoms with Gasteiger partial charge < -0.3 is 10.6 Å². The summed E-state index contributed by atoms with van der Waals surface area (Å²) < 4.78 is 0. The van der Waals surface area contributed by atoms with E-state index in [9.17, 15) is 4.79 Å². The maximum absolute atomic E-state index is 12.4. The third-order valence-corrected chi connectivity index (χ3v) is 3.62. The molecule has 0 bridgehead atoms. The van der Waals surface area contributed by atoms with Crippen molar-refractivity contribution in [1.29, 1.82) is 0 Å². The molecule has 1 unspecified atom stereocenters. The van der Waals surface area contributed by atoms with Gasteiger partial charge in [-0.05, 0) is 33.1 Å². The maximum Gasteiger partial charge on any atom is 0.242 e. The number of carbonyl (C=O) groups excluding carboxylic acids is 1. The van der Waals surface area contributed by atoms with Crippen molar-refractivity contribution in [2.45, 2.75) is 70.9 Å².